The van der Waals surface area contributed by atoms with Crippen molar-refractivity contribution in [2.45, 2.75) is 245 Å². The van der Waals surface area contributed by atoms with E-state index >= 15 is 0 Å². The summed E-state index contributed by atoms with van der Waals surface area (Å²) in [7, 11) is 0. The maximum atomic E-state index is 12.2. The van der Waals surface area contributed by atoms with Crippen molar-refractivity contribution in [2.75, 3.05) is 19.8 Å². The van der Waals surface area contributed by atoms with Crippen LogP contribution in [0.3, 0.4) is 0 Å². The fraction of sp³-hybridized carbons (Fsp3) is 0.820. The van der Waals surface area contributed by atoms with Crippen molar-refractivity contribution >= 4 is 5.97 Å². The van der Waals surface area contributed by atoms with Gasteiger partial charge in [-0.15, -0.1) is 0 Å². The molecule has 0 aliphatic carbocycles. The third kappa shape index (κ3) is 44.7. The third-order valence-corrected chi connectivity index (χ3v) is 10.4. The van der Waals surface area contributed by atoms with Gasteiger partial charge in [-0.3, -0.25) is 4.79 Å². The van der Waals surface area contributed by atoms with Crippen molar-refractivity contribution in [3.05, 3.63) is 48.6 Å². The first-order valence-corrected chi connectivity index (χ1v) is 23.7. The van der Waals surface area contributed by atoms with Crippen LogP contribution >= 0.6 is 0 Å². The Morgan fingerprint density at radius 3 is 1.26 bits per heavy atom. The lowest BCUT2D eigenvalue weighted by molar-refractivity contribution is -0.154. The Morgan fingerprint density at radius 2 is 0.833 bits per heavy atom. The number of aliphatic hydroxyl groups excluding tert-OH is 1. The van der Waals surface area contributed by atoms with Crippen LogP contribution in [-0.4, -0.2) is 37.0 Å². The Balaban J connectivity index is 3.41. The van der Waals surface area contributed by atoms with Crippen LogP contribution < -0.4 is 0 Å². The van der Waals surface area contributed by atoms with E-state index in [4.69, 9.17) is 9.47 Å². The number of aliphatic hydroxyl groups is 1. The van der Waals surface area contributed by atoms with Crippen LogP contribution in [0.4, 0.5) is 0 Å². The van der Waals surface area contributed by atoms with E-state index in [9.17, 15) is 9.90 Å². The molecule has 0 heterocycles. The van der Waals surface area contributed by atoms with E-state index in [1.165, 1.54) is 173 Å². The van der Waals surface area contributed by atoms with Gasteiger partial charge in [0.1, 0.15) is 6.10 Å². The molecule has 0 aliphatic rings. The second-order valence-electron chi connectivity index (χ2n) is 15.8. The summed E-state index contributed by atoms with van der Waals surface area (Å²) in [4.78, 5) is 12.2. The van der Waals surface area contributed by atoms with E-state index in [2.05, 4.69) is 62.5 Å². The molecule has 4 heteroatoms. The summed E-state index contributed by atoms with van der Waals surface area (Å²) < 4.78 is 11.2. The SMILES string of the molecule is CC/C=C\C/C=C\C/C=C\C/C=C\CCCCCCCCCCCCC(=O)OC(CO)COCCCCCCCCCCCCCCCCCCCCC. The molecule has 0 amide bonds. The fourth-order valence-electron chi connectivity index (χ4n) is 6.91. The number of hydrogen-bond donors (Lipinski definition) is 1. The summed E-state index contributed by atoms with van der Waals surface area (Å²) in [6, 6.07) is 0. The molecule has 0 aliphatic heterocycles. The molecule has 1 unspecified atom stereocenters. The Hall–Kier alpha value is -1.65. The molecule has 0 spiro atoms. The zero-order valence-electron chi connectivity index (χ0n) is 36.2. The van der Waals surface area contributed by atoms with Crippen LogP contribution in [-0.2, 0) is 14.3 Å². The predicted molar refractivity (Wildman–Crippen MR) is 237 cm³/mol. The van der Waals surface area contributed by atoms with Gasteiger partial charge < -0.3 is 14.6 Å². The molecule has 0 aromatic carbocycles. The molecule has 1 atom stereocenters. The normalized spacial score (nSPS) is 12.7. The monoisotopic (exact) mass is 757 g/mol. The first kappa shape index (κ1) is 52.3. The van der Waals surface area contributed by atoms with Gasteiger partial charge >= 0.3 is 5.97 Å². The number of ether oxygens (including phenoxy) is 2. The van der Waals surface area contributed by atoms with E-state index in [0.29, 0.717) is 19.6 Å². The lowest BCUT2D eigenvalue weighted by Crippen LogP contribution is -2.27. The highest BCUT2D eigenvalue weighted by Gasteiger charge is 2.13. The molecule has 316 valence electrons. The van der Waals surface area contributed by atoms with E-state index < -0.39 is 6.10 Å². The minimum atomic E-state index is -0.535. The molecule has 0 aromatic rings. The molecule has 0 saturated heterocycles. The van der Waals surface area contributed by atoms with Crippen LogP contribution in [0.5, 0.6) is 0 Å². The Morgan fingerprint density at radius 1 is 0.463 bits per heavy atom. The molecule has 0 saturated carbocycles. The molecular weight excluding hydrogens is 665 g/mol. The Kier molecular flexibility index (Phi) is 46.0. The summed E-state index contributed by atoms with van der Waals surface area (Å²) in [6.07, 6.45) is 61.9. The molecule has 54 heavy (non-hydrogen) atoms. The lowest BCUT2D eigenvalue weighted by Gasteiger charge is -2.16. The zero-order valence-corrected chi connectivity index (χ0v) is 36.2. The van der Waals surface area contributed by atoms with Crippen LogP contribution in [0.1, 0.15) is 239 Å². The molecule has 0 rings (SSSR count). The second kappa shape index (κ2) is 47.5. The lowest BCUT2D eigenvalue weighted by atomic mass is 10.0. The van der Waals surface area contributed by atoms with Crippen LogP contribution in [0.15, 0.2) is 48.6 Å². The number of carbonyl (C=O) groups excluding carboxylic acids is 1. The van der Waals surface area contributed by atoms with Crippen molar-refractivity contribution in [1.29, 1.82) is 0 Å². The number of rotatable bonds is 44. The summed E-state index contributed by atoms with van der Waals surface area (Å²) in [5.74, 6) is -0.202. The summed E-state index contributed by atoms with van der Waals surface area (Å²) in [5, 5.41) is 9.63. The van der Waals surface area contributed by atoms with Gasteiger partial charge in [0.15, 0.2) is 0 Å². The van der Waals surface area contributed by atoms with Gasteiger partial charge in [-0.25, -0.2) is 0 Å². The van der Waals surface area contributed by atoms with Gasteiger partial charge in [-0.1, -0.05) is 229 Å². The minimum absolute atomic E-state index is 0.171. The van der Waals surface area contributed by atoms with E-state index in [1.54, 1.807) is 0 Å². The number of hydrogen-bond acceptors (Lipinski definition) is 4. The van der Waals surface area contributed by atoms with E-state index in [1.807, 2.05) is 0 Å². The number of esters is 1. The van der Waals surface area contributed by atoms with E-state index in [0.717, 1.165) is 44.9 Å². The van der Waals surface area contributed by atoms with Crippen molar-refractivity contribution in [2.24, 2.45) is 0 Å². The average Bonchev–Trinajstić information content (AvgIpc) is 3.18. The minimum Gasteiger partial charge on any atom is -0.457 e. The van der Waals surface area contributed by atoms with Crippen LogP contribution in [0.2, 0.25) is 0 Å². The number of carbonyl (C=O) groups is 1. The maximum absolute atomic E-state index is 12.2. The highest BCUT2D eigenvalue weighted by atomic mass is 16.6. The van der Waals surface area contributed by atoms with Gasteiger partial charge in [0.25, 0.3) is 0 Å². The molecule has 0 aromatic heterocycles. The summed E-state index contributed by atoms with van der Waals surface area (Å²) >= 11 is 0. The predicted octanol–water partition coefficient (Wildman–Crippen LogP) is 15.8. The van der Waals surface area contributed by atoms with E-state index in [-0.39, 0.29) is 12.6 Å². The number of unbranched alkanes of at least 4 members (excludes halogenated alkanes) is 28. The Labute approximate surface area is 337 Å². The van der Waals surface area contributed by atoms with Gasteiger partial charge in [-0.05, 0) is 51.4 Å². The average molecular weight is 757 g/mol. The molecule has 0 radical (unpaired) electrons. The highest BCUT2D eigenvalue weighted by Crippen LogP contribution is 2.16. The standard InChI is InChI=1S/C50H92O4/c1-3-5-7-9-11-13-15-17-19-21-23-24-25-26-27-29-31-33-35-37-39-41-43-45-50(52)54-49(47-51)48-53-46-44-42-40-38-36-34-32-30-28-22-20-18-16-14-12-10-8-6-4-2/h5,7,11,13,17,19,23-24,49,51H,3-4,6,8-10,12,14-16,18,20-22,25-48H2,1-2H3/b7-5-,13-11-,19-17-,24-23-. The smallest absolute Gasteiger partial charge is 0.306 e. The molecule has 0 fully saturated rings. The zero-order chi connectivity index (χ0) is 39.1. The first-order chi connectivity index (χ1) is 26.7. The Bertz CT molecular complexity index is 844. The third-order valence-electron chi connectivity index (χ3n) is 10.4. The highest BCUT2D eigenvalue weighted by molar-refractivity contribution is 5.69. The molecule has 4 nitrogen and oxygen atoms in total. The van der Waals surface area contributed by atoms with Gasteiger partial charge in [0.05, 0.1) is 13.2 Å². The largest absolute Gasteiger partial charge is 0.457 e. The summed E-state index contributed by atoms with van der Waals surface area (Å²) in [5.41, 5.74) is 0. The van der Waals surface area contributed by atoms with Gasteiger partial charge in [-0.2, -0.15) is 0 Å². The van der Waals surface area contributed by atoms with Crippen molar-refractivity contribution in [1.82, 2.24) is 0 Å². The molecule has 1 N–H and O–H groups in total. The second-order valence-corrected chi connectivity index (χ2v) is 15.8. The van der Waals surface area contributed by atoms with Crippen LogP contribution in [0.25, 0.3) is 0 Å². The first-order valence-electron chi connectivity index (χ1n) is 23.7. The quantitative estimate of drug-likeness (QED) is 0.0382. The summed E-state index contributed by atoms with van der Waals surface area (Å²) in [6.45, 7) is 5.27. The fourth-order valence-corrected chi connectivity index (χ4v) is 6.91. The van der Waals surface area contributed by atoms with Crippen LogP contribution in [0, 0.1) is 0 Å². The van der Waals surface area contributed by atoms with Crippen molar-refractivity contribution < 1.29 is 19.4 Å². The molecule has 0 bridgehead atoms. The maximum Gasteiger partial charge on any atom is 0.306 e. The number of allylic oxidation sites excluding steroid dienone is 8. The molecular formula is C50H92O4. The van der Waals surface area contributed by atoms with Gasteiger partial charge in [0.2, 0.25) is 0 Å². The van der Waals surface area contributed by atoms with Gasteiger partial charge in [0, 0.05) is 13.0 Å². The van der Waals surface area contributed by atoms with Crippen molar-refractivity contribution in [3.63, 3.8) is 0 Å². The van der Waals surface area contributed by atoms with Crippen molar-refractivity contribution in [3.8, 4) is 0 Å². The topological polar surface area (TPSA) is 55.8 Å².